The first-order valence-electron chi connectivity index (χ1n) is 4.47. The lowest BCUT2D eigenvalue weighted by molar-refractivity contribution is -0.290. The van der Waals surface area contributed by atoms with Crippen LogP contribution in [0.4, 0.5) is 22.0 Å². The van der Waals surface area contributed by atoms with Gasteiger partial charge in [0.05, 0.1) is 0 Å². The number of amides is 1. The Kier molecular flexibility index (Phi) is 3.73. The lowest BCUT2D eigenvalue weighted by atomic mass is 10.3. The molecule has 1 heterocycles. The van der Waals surface area contributed by atoms with Crippen molar-refractivity contribution in [2.24, 2.45) is 5.73 Å². The Labute approximate surface area is 97.6 Å². The molecule has 1 aromatic heterocycles. The second-order valence-corrected chi connectivity index (χ2v) is 3.23. The minimum Gasteiger partial charge on any atom is -0.487 e. The summed E-state index contributed by atoms with van der Waals surface area (Å²) in [6, 6.07) is 1.90. The van der Waals surface area contributed by atoms with Gasteiger partial charge in [-0.05, 0) is 6.07 Å². The van der Waals surface area contributed by atoms with Gasteiger partial charge in [-0.15, -0.1) is 0 Å². The maximum Gasteiger partial charge on any atom is 0.456 e. The molecule has 1 rings (SSSR count). The van der Waals surface area contributed by atoms with Crippen LogP contribution in [0.15, 0.2) is 18.3 Å². The average molecular weight is 270 g/mol. The van der Waals surface area contributed by atoms with Crippen molar-refractivity contribution in [3.05, 3.63) is 24.0 Å². The Bertz CT molecular complexity index is 447. The molecule has 1 aromatic rings. The second kappa shape index (κ2) is 4.75. The highest BCUT2D eigenvalue weighted by molar-refractivity contribution is 5.91. The van der Waals surface area contributed by atoms with E-state index >= 15 is 0 Å². The molecule has 2 N–H and O–H groups in total. The van der Waals surface area contributed by atoms with Gasteiger partial charge in [0.2, 0.25) is 0 Å². The summed E-state index contributed by atoms with van der Waals surface area (Å²) in [7, 11) is 0. The first kappa shape index (κ1) is 14.1. The zero-order chi connectivity index (χ0) is 14.0. The number of carbonyl (C=O) groups excluding carboxylic acids is 1. The summed E-state index contributed by atoms with van der Waals surface area (Å²) < 4.78 is 64.8. The van der Waals surface area contributed by atoms with E-state index in [4.69, 9.17) is 5.73 Å². The molecule has 18 heavy (non-hydrogen) atoms. The van der Waals surface area contributed by atoms with Crippen molar-refractivity contribution in [3.63, 3.8) is 0 Å². The maximum atomic E-state index is 12.5. The third-order valence-electron chi connectivity index (χ3n) is 1.82. The Hall–Kier alpha value is -1.93. The summed E-state index contributed by atoms with van der Waals surface area (Å²) in [4.78, 5) is 14.2. The van der Waals surface area contributed by atoms with Gasteiger partial charge in [-0.3, -0.25) is 9.78 Å². The molecule has 0 atom stereocenters. The average Bonchev–Trinajstić information content (AvgIpc) is 2.25. The lowest BCUT2D eigenvalue weighted by Crippen LogP contribution is -2.41. The number of rotatable bonds is 4. The van der Waals surface area contributed by atoms with Crippen LogP contribution in [-0.2, 0) is 0 Å². The van der Waals surface area contributed by atoms with Crippen molar-refractivity contribution in [3.8, 4) is 5.75 Å². The molecule has 0 saturated heterocycles. The molecule has 0 aromatic carbocycles. The lowest BCUT2D eigenvalue weighted by Gasteiger charge is -2.19. The molecule has 0 aliphatic carbocycles. The first-order valence-corrected chi connectivity index (χ1v) is 4.47. The minimum absolute atomic E-state index is 0.303. The number of nitrogens with zero attached hydrogens (tertiary/aromatic N) is 1. The molecule has 4 nitrogen and oxygen atoms in total. The normalized spacial score (nSPS) is 12.3. The zero-order valence-electron chi connectivity index (χ0n) is 8.67. The molecule has 0 aliphatic rings. The number of hydrogen-bond donors (Lipinski definition) is 1. The summed E-state index contributed by atoms with van der Waals surface area (Å²) in [6.45, 7) is -1.89. The van der Waals surface area contributed by atoms with Crippen molar-refractivity contribution in [1.82, 2.24) is 4.98 Å². The van der Waals surface area contributed by atoms with Crippen molar-refractivity contribution >= 4 is 5.91 Å². The van der Waals surface area contributed by atoms with Gasteiger partial charge in [0.1, 0.15) is 11.4 Å². The number of ether oxygens (including phenoxy) is 1. The van der Waals surface area contributed by atoms with Crippen molar-refractivity contribution in [1.29, 1.82) is 0 Å². The van der Waals surface area contributed by atoms with E-state index in [0.29, 0.717) is 0 Å². The van der Waals surface area contributed by atoms with E-state index in [1.807, 2.05) is 0 Å². The SMILES string of the molecule is NC(=O)c1cc(OCC(F)(F)C(F)(F)F)ccn1. The van der Waals surface area contributed by atoms with E-state index in [1.165, 1.54) is 0 Å². The van der Waals surface area contributed by atoms with Gasteiger partial charge >= 0.3 is 12.1 Å². The molecule has 9 heteroatoms. The number of carbonyl (C=O) groups is 1. The van der Waals surface area contributed by atoms with Crippen LogP contribution in [0.5, 0.6) is 5.75 Å². The van der Waals surface area contributed by atoms with Gasteiger partial charge in [-0.25, -0.2) is 0 Å². The fourth-order valence-electron chi connectivity index (χ4n) is 0.891. The van der Waals surface area contributed by atoms with E-state index < -0.39 is 24.6 Å². The van der Waals surface area contributed by atoms with E-state index in [0.717, 1.165) is 18.3 Å². The number of aromatic nitrogens is 1. The fraction of sp³-hybridized carbons (Fsp3) is 0.333. The van der Waals surface area contributed by atoms with Crippen LogP contribution >= 0.6 is 0 Å². The van der Waals surface area contributed by atoms with Gasteiger partial charge in [-0.2, -0.15) is 22.0 Å². The molecule has 0 saturated carbocycles. The number of alkyl halides is 5. The first-order chi connectivity index (χ1) is 8.13. The van der Waals surface area contributed by atoms with Crippen LogP contribution in [0, 0.1) is 0 Å². The molecule has 0 spiro atoms. The summed E-state index contributed by atoms with van der Waals surface area (Å²) in [5.41, 5.74) is 4.55. The predicted molar refractivity (Wildman–Crippen MR) is 49.3 cm³/mol. The smallest absolute Gasteiger partial charge is 0.456 e. The largest absolute Gasteiger partial charge is 0.487 e. The molecule has 0 unspecified atom stereocenters. The molecule has 0 aliphatic heterocycles. The Morgan fingerprint density at radius 2 is 1.94 bits per heavy atom. The quantitative estimate of drug-likeness (QED) is 0.848. The van der Waals surface area contributed by atoms with Crippen LogP contribution in [0.25, 0.3) is 0 Å². The van der Waals surface area contributed by atoms with E-state index in [-0.39, 0.29) is 11.4 Å². The van der Waals surface area contributed by atoms with E-state index in [1.54, 1.807) is 0 Å². The second-order valence-electron chi connectivity index (χ2n) is 3.23. The minimum atomic E-state index is -5.70. The zero-order valence-corrected chi connectivity index (χ0v) is 8.67. The number of nitrogens with two attached hydrogens (primary N) is 1. The van der Waals surface area contributed by atoms with E-state index in [2.05, 4.69) is 9.72 Å². The van der Waals surface area contributed by atoms with Crippen molar-refractivity contribution < 1.29 is 31.5 Å². The summed E-state index contributed by atoms with van der Waals surface area (Å²) in [5, 5.41) is 0. The molecule has 0 radical (unpaired) electrons. The highest BCUT2D eigenvalue weighted by atomic mass is 19.4. The number of halogens is 5. The molecule has 100 valence electrons. The number of pyridine rings is 1. The van der Waals surface area contributed by atoms with Gasteiger partial charge < -0.3 is 10.5 Å². The van der Waals surface area contributed by atoms with Crippen LogP contribution in [0.2, 0.25) is 0 Å². The van der Waals surface area contributed by atoms with Crippen molar-refractivity contribution in [2.75, 3.05) is 6.61 Å². The molecule has 0 bridgehead atoms. The number of primary amides is 1. The third-order valence-corrected chi connectivity index (χ3v) is 1.82. The van der Waals surface area contributed by atoms with Crippen LogP contribution in [-0.4, -0.2) is 29.6 Å². The molecule has 1 amide bonds. The summed E-state index contributed by atoms with van der Waals surface area (Å²) in [5.74, 6) is -6.30. The molecular weight excluding hydrogens is 263 g/mol. The van der Waals surface area contributed by atoms with Crippen molar-refractivity contribution in [2.45, 2.75) is 12.1 Å². The number of hydrogen-bond acceptors (Lipinski definition) is 3. The standard InChI is InChI=1S/C9H7F5N2O2/c10-8(11,9(12,13)14)4-18-5-1-2-16-6(3-5)7(15)17/h1-3H,4H2,(H2,15,17). The van der Waals surface area contributed by atoms with Gasteiger partial charge in [0, 0.05) is 12.3 Å². The molecular formula is C9H7F5N2O2. The Morgan fingerprint density at radius 1 is 1.33 bits per heavy atom. The van der Waals surface area contributed by atoms with Gasteiger partial charge in [0.25, 0.3) is 5.91 Å². The van der Waals surface area contributed by atoms with Crippen LogP contribution < -0.4 is 10.5 Å². The van der Waals surface area contributed by atoms with Crippen LogP contribution in [0.3, 0.4) is 0 Å². The Balaban J connectivity index is 2.75. The van der Waals surface area contributed by atoms with Gasteiger partial charge in [-0.1, -0.05) is 0 Å². The van der Waals surface area contributed by atoms with Gasteiger partial charge in [0.15, 0.2) is 6.61 Å². The summed E-state index contributed by atoms with van der Waals surface area (Å²) >= 11 is 0. The Morgan fingerprint density at radius 3 is 2.44 bits per heavy atom. The van der Waals surface area contributed by atoms with Crippen LogP contribution in [0.1, 0.15) is 10.5 Å². The third kappa shape index (κ3) is 3.28. The van der Waals surface area contributed by atoms with E-state index in [9.17, 15) is 26.7 Å². The highest BCUT2D eigenvalue weighted by Crippen LogP contribution is 2.35. The monoisotopic (exact) mass is 270 g/mol. The maximum absolute atomic E-state index is 12.5. The fourth-order valence-corrected chi connectivity index (χ4v) is 0.891. The molecule has 0 fully saturated rings. The predicted octanol–water partition coefficient (Wildman–Crippen LogP) is 1.76. The highest BCUT2D eigenvalue weighted by Gasteiger charge is 2.58. The summed E-state index contributed by atoms with van der Waals surface area (Å²) in [6.07, 6.45) is -4.70. The topological polar surface area (TPSA) is 65.2 Å².